The van der Waals surface area contributed by atoms with Gasteiger partial charge in [-0.3, -0.25) is 14.6 Å². The highest BCUT2D eigenvalue weighted by molar-refractivity contribution is 7.14. The van der Waals surface area contributed by atoms with E-state index in [1.807, 2.05) is 5.38 Å². The van der Waals surface area contributed by atoms with Gasteiger partial charge in [0.2, 0.25) is 5.91 Å². The van der Waals surface area contributed by atoms with E-state index in [9.17, 15) is 15.2 Å². The summed E-state index contributed by atoms with van der Waals surface area (Å²) in [7, 11) is 0. The van der Waals surface area contributed by atoms with Crippen LogP contribution in [0.15, 0.2) is 11.4 Å². The van der Waals surface area contributed by atoms with Gasteiger partial charge in [0.1, 0.15) is 11.1 Å². The smallest absolute Gasteiger partial charge is 0.245 e. The number of hydrogen-bond acceptors (Lipinski definition) is 6. The zero-order valence-corrected chi connectivity index (χ0v) is 14.8. The Kier molecular flexibility index (Phi) is 5.51. The number of amides is 1. The molecule has 0 unspecified atom stereocenters. The lowest BCUT2D eigenvalue weighted by Gasteiger charge is -2.40. The summed E-state index contributed by atoms with van der Waals surface area (Å²) in [4.78, 5) is 19.2. The molecule has 3 rings (SSSR count). The van der Waals surface area contributed by atoms with Crippen LogP contribution in [0.5, 0.6) is 0 Å². The Hall–Kier alpha value is -1.46. The Bertz CT molecular complexity index is 614. The van der Waals surface area contributed by atoms with Gasteiger partial charge in [-0.2, -0.15) is 5.26 Å². The van der Waals surface area contributed by atoms with E-state index in [0.717, 1.165) is 44.0 Å². The Morgan fingerprint density at radius 3 is 2.75 bits per heavy atom. The first kappa shape index (κ1) is 17.4. The van der Waals surface area contributed by atoms with E-state index in [1.165, 1.54) is 11.3 Å². The predicted octanol–water partition coefficient (Wildman–Crippen LogP) is 1.11. The number of rotatable bonds is 5. The highest BCUT2D eigenvalue weighted by Crippen LogP contribution is 2.32. The highest BCUT2D eigenvalue weighted by atomic mass is 32.1. The number of anilines is 1. The molecule has 24 heavy (non-hydrogen) atoms. The van der Waals surface area contributed by atoms with Crippen LogP contribution in [0.3, 0.4) is 0 Å². The molecule has 0 radical (unpaired) electrons. The second kappa shape index (κ2) is 7.62. The molecular weight excluding hydrogens is 324 g/mol. The third-order valence-electron chi connectivity index (χ3n) is 5.18. The van der Waals surface area contributed by atoms with E-state index >= 15 is 0 Å². The zero-order valence-electron chi connectivity index (χ0n) is 14.0. The number of hydrogen-bond donors (Lipinski definition) is 1. The van der Waals surface area contributed by atoms with E-state index in [1.54, 1.807) is 11.0 Å². The number of aliphatic hydroxyl groups is 1. The molecule has 0 bridgehead atoms. The Morgan fingerprint density at radius 2 is 2.12 bits per heavy atom. The van der Waals surface area contributed by atoms with Crippen molar-refractivity contribution in [1.29, 1.82) is 5.26 Å². The number of carbonyl (C=O) groups is 1. The van der Waals surface area contributed by atoms with Gasteiger partial charge in [-0.15, -0.1) is 11.3 Å². The number of aliphatic hydroxyl groups excluding tert-OH is 1. The Labute approximate surface area is 146 Å². The van der Waals surface area contributed by atoms with E-state index in [2.05, 4.69) is 22.8 Å². The van der Waals surface area contributed by atoms with Crippen molar-refractivity contribution in [2.45, 2.75) is 31.8 Å². The van der Waals surface area contributed by atoms with Gasteiger partial charge in [0.15, 0.2) is 0 Å². The van der Waals surface area contributed by atoms with Crippen molar-refractivity contribution in [1.82, 2.24) is 9.80 Å². The summed E-state index contributed by atoms with van der Waals surface area (Å²) in [5, 5.41) is 21.3. The summed E-state index contributed by atoms with van der Waals surface area (Å²) < 4.78 is 0. The first-order valence-electron chi connectivity index (χ1n) is 8.57. The fourth-order valence-electron chi connectivity index (χ4n) is 3.72. The Balaban J connectivity index is 1.62. The molecule has 3 heterocycles. The first-order chi connectivity index (χ1) is 11.7. The molecule has 130 valence electrons. The lowest BCUT2D eigenvalue weighted by Crippen LogP contribution is -2.55. The second-order valence-electron chi connectivity index (χ2n) is 6.36. The van der Waals surface area contributed by atoms with Crippen molar-refractivity contribution in [3.63, 3.8) is 0 Å². The Morgan fingerprint density at radius 1 is 1.38 bits per heavy atom. The molecule has 0 spiro atoms. The van der Waals surface area contributed by atoms with Crippen LogP contribution in [0.25, 0.3) is 0 Å². The van der Waals surface area contributed by atoms with Gasteiger partial charge >= 0.3 is 0 Å². The first-order valence-corrected chi connectivity index (χ1v) is 9.45. The molecule has 1 aromatic rings. The van der Waals surface area contributed by atoms with Gasteiger partial charge in [-0.05, 0) is 24.3 Å². The summed E-state index contributed by atoms with van der Waals surface area (Å²) >= 11 is 1.46. The minimum Gasteiger partial charge on any atom is -0.395 e. The molecule has 0 saturated carbocycles. The van der Waals surface area contributed by atoms with Gasteiger partial charge in [0, 0.05) is 38.8 Å². The molecule has 2 aliphatic heterocycles. The number of thiophene rings is 1. The monoisotopic (exact) mass is 348 g/mol. The van der Waals surface area contributed by atoms with Crippen LogP contribution in [-0.4, -0.2) is 72.2 Å². The zero-order chi connectivity index (χ0) is 17.1. The molecule has 1 amide bonds. The lowest BCUT2D eigenvalue weighted by atomic mass is 10.1. The fourth-order valence-corrected chi connectivity index (χ4v) is 4.60. The van der Waals surface area contributed by atoms with E-state index in [4.69, 9.17) is 0 Å². The molecule has 6 nitrogen and oxygen atoms in total. The van der Waals surface area contributed by atoms with Crippen LogP contribution in [0.2, 0.25) is 0 Å². The van der Waals surface area contributed by atoms with Crippen molar-refractivity contribution in [2.24, 2.45) is 0 Å². The number of nitriles is 1. The van der Waals surface area contributed by atoms with Crippen LogP contribution < -0.4 is 4.90 Å². The summed E-state index contributed by atoms with van der Waals surface area (Å²) in [6.07, 6.45) is 1.76. The SMILES string of the molecule is CC[C@H](CO)N1CCN([C@@H]2CCN(c3sccc3C#N)C2=O)CC1. The highest BCUT2D eigenvalue weighted by Gasteiger charge is 2.39. The van der Waals surface area contributed by atoms with Crippen LogP contribution in [0.4, 0.5) is 5.00 Å². The van der Waals surface area contributed by atoms with Gasteiger partial charge < -0.3 is 10.0 Å². The summed E-state index contributed by atoms with van der Waals surface area (Å²) in [6, 6.07) is 4.10. The molecule has 2 atom stereocenters. The normalized spacial score (nSPS) is 24.3. The van der Waals surface area contributed by atoms with E-state index < -0.39 is 0 Å². The van der Waals surface area contributed by atoms with Crippen molar-refractivity contribution < 1.29 is 9.90 Å². The molecule has 2 fully saturated rings. The van der Waals surface area contributed by atoms with Gasteiger partial charge in [-0.25, -0.2) is 0 Å². The van der Waals surface area contributed by atoms with Gasteiger partial charge in [0.25, 0.3) is 0 Å². The molecule has 2 saturated heterocycles. The predicted molar refractivity (Wildman–Crippen MR) is 94.1 cm³/mol. The van der Waals surface area contributed by atoms with Gasteiger partial charge in [-0.1, -0.05) is 6.92 Å². The van der Waals surface area contributed by atoms with Crippen molar-refractivity contribution >= 4 is 22.2 Å². The maximum Gasteiger partial charge on any atom is 0.245 e. The largest absolute Gasteiger partial charge is 0.395 e. The standard InChI is InChI=1S/C17H24N4O2S/c1-2-14(12-22)19-6-8-20(9-7-19)15-3-5-21(16(15)23)17-13(11-18)4-10-24-17/h4,10,14-15,22H,2-3,5-9,12H2,1H3/t14-,15-/m1/s1. The maximum atomic E-state index is 12.8. The molecule has 2 aliphatic rings. The molecule has 1 N–H and O–H groups in total. The summed E-state index contributed by atoms with van der Waals surface area (Å²) in [5.74, 6) is 0.122. The third kappa shape index (κ3) is 3.20. The van der Waals surface area contributed by atoms with Crippen molar-refractivity contribution in [3.8, 4) is 6.07 Å². The van der Waals surface area contributed by atoms with Crippen molar-refractivity contribution in [2.75, 3.05) is 44.2 Å². The molecular formula is C17H24N4O2S. The number of carbonyl (C=O) groups excluding carboxylic acids is 1. The van der Waals surface area contributed by atoms with Crippen LogP contribution in [0, 0.1) is 11.3 Å². The average molecular weight is 348 g/mol. The lowest BCUT2D eigenvalue weighted by molar-refractivity contribution is -0.122. The van der Waals surface area contributed by atoms with Crippen molar-refractivity contribution in [3.05, 3.63) is 17.0 Å². The molecule has 1 aromatic heterocycles. The quantitative estimate of drug-likeness (QED) is 0.863. The third-order valence-corrected chi connectivity index (χ3v) is 6.11. The average Bonchev–Trinajstić information content (AvgIpc) is 3.22. The van der Waals surface area contributed by atoms with Crippen LogP contribution in [0.1, 0.15) is 25.3 Å². The molecule has 0 aliphatic carbocycles. The maximum absolute atomic E-state index is 12.8. The molecule has 0 aromatic carbocycles. The number of nitrogens with zero attached hydrogens (tertiary/aromatic N) is 4. The summed E-state index contributed by atoms with van der Waals surface area (Å²) in [5.41, 5.74) is 0.590. The minimum absolute atomic E-state index is 0.0741. The molecule has 7 heteroatoms. The minimum atomic E-state index is -0.0741. The fraction of sp³-hybridized carbons (Fsp3) is 0.647. The summed E-state index contributed by atoms with van der Waals surface area (Å²) in [6.45, 7) is 6.48. The second-order valence-corrected chi connectivity index (χ2v) is 7.26. The van der Waals surface area contributed by atoms with Crippen LogP contribution >= 0.6 is 11.3 Å². The topological polar surface area (TPSA) is 70.8 Å². The number of piperazine rings is 1. The van der Waals surface area contributed by atoms with Gasteiger partial charge in [0.05, 0.1) is 18.2 Å². The van der Waals surface area contributed by atoms with E-state index in [0.29, 0.717) is 12.1 Å². The van der Waals surface area contributed by atoms with Crippen LogP contribution in [-0.2, 0) is 4.79 Å². The van der Waals surface area contributed by atoms with E-state index in [-0.39, 0.29) is 24.6 Å².